The number of ketones is 1. The van der Waals surface area contributed by atoms with Gasteiger partial charge in [-0.3, -0.25) is 9.59 Å². The first-order valence-electron chi connectivity index (χ1n) is 7.80. The molecule has 3 heteroatoms. The molecule has 1 aromatic rings. The Morgan fingerprint density at radius 2 is 1.87 bits per heavy atom. The van der Waals surface area contributed by atoms with Gasteiger partial charge in [0.25, 0.3) is 0 Å². The number of rotatable bonds is 3. The zero-order valence-corrected chi connectivity index (χ0v) is 14.5. The zero-order valence-electron chi connectivity index (χ0n) is 14.5. The van der Waals surface area contributed by atoms with Crippen molar-refractivity contribution in [2.24, 2.45) is 5.41 Å². The summed E-state index contributed by atoms with van der Waals surface area (Å²) in [6, 6.07) is 7.37. The summed E-state index contributed by atoms with van der Waals surface area (Å²) in [7, 11) is 0. The minimum Gasteiger partial charge on any atom is -0.459 e. The van der Waals surface area contributed by atoms with Gasteiger partial charge in [0.15, 0.2) is 11.2 Å². The van der Waals surface area contributed by atoms with Crippen LogP contribution >= 0.6 is 0 Å². The highest BCUT2D eigenvalue weighted by molar-refractivity contribution is 6.19. The van der Waals surface area contributed by atoms with Crippen molar-refractivity contribution < 1.29 is 14.3 Å². The number of carbonyl (C=O) groups is 2. The lowest BCUT2D eigenvalue weighted by molar-refractivity contribution is -0.162. The fourth-order valence-electron chi connectivity index (χ4n) is 3.15. The van der Waals surface area contributed by atoms with Crippen LogP contribution in [-0.4, -0.2) is 17.4 Å². The summed E-state index contributed by atoms with van der Waals surface area (Å²) >= 11 is 0. The van der Waals surface area contributed by atoms with Crippen molar-refractivity contribution in [3.8, 4) is 0 Å². The maximum absolute atomic E-state index is 13.2. The van der Waals surface area contributed by atoms with Crippen molar-refractivity contribution in [1.29, 1.82) is 0 Å². The molecule has 1 atom stereocenters. The average molecular weight is 312 g/mol. The molecule has 0 amide bonds. The van der Waals surface area contributed by atoms with Gasteiger partial charge in [-0.15, -0.1) is 0 Å². The number of Topliss-reactive ketones (excluding diaryl/α,β-unsaturated/α-hetero) is 1. The summed E-state index contributed by atoms with van der Waals surface area (Å²) in [6.45, 7) is 13.0. The highest BCUT2D eigenvalue weighted by Crippen LogP contribution is 2.45. The second-order valence-electron chi connectivity index (χ2n) is 7.19. The van der Waals surface area contributed by atoms with Crippen LogP contribution in [0.3, 0.4) is 0 Å². The summed E-state index contributed by atoms with van der Waals surface area (Å²) in [5, 5.41) is 0. The smallest absolute Gasteiger partial charge is 0.325 e. The first kappa shape index (κ1) is 17.2. The van der Waals surface area contributed by atoms with E-state index in [0.29, 0.717) is 17.6 Å². The van der Waals surface area contributed by atoms with Crippen molar-refractivity contribution in [1.82, 2.24) is 0 Å². The summed E-state index contributed by atoms with van der Waals surface area (Å²) in [4.78, 5) is 26.2. The average Bonchev–Trinajstić information content (AvgIpc) is 2.72. The molecule has 0 N–H and O–H groups in total. The minimum atomic E-state index is -1.32. The third-order valence-electron chi connectivity index (χ3n) is 4.06. The number of esters is 1. The first-order chi connectivity index (χ1) is 10.6. The maximum atomic E-state index is 13.2. The van der Waals surface area contributed by atoms with Crippen LogP contribution in [-0.2, 0) is 16.0 Å². The van der Waals surface area contributed by atoms with Crippen molar-refractivity contribution >= 4 is 11.8 Å². The number of fused-ring (bicyclic) bond motifs is 1. The maximum Gasteiger partial charge on any atom is 0.325 e. The number of allylic oxidation sites excluding steroid dienone is 2. The molecule has 3 nitrogen and oxygen atoms in total. The summed E-state index contributed by atoms with van der Waals surface area (Å²) in [5.41, 5.74) is 1.04. The standard InChI is InChI=1S/C20H24O3/c1-7-16(13(2)3)20(18(22)23-19(4,5)6)12-14-10-8-9-11-15(14)17(20)21/h7-11H,1,12H2,2-6H3/t20-/m1/s1. The van der Waals surface area contributed by atoms with Crippen LogP contribution in [0, 0.1) is 5.41 Å². The molecule has 23 heavy (non-hydrogen) atoms. The van der Waals surface area contributed by atoms with Crippen LogP contribution in [0.1, 0.15) is 50.5 Å². The fraction of sp³-hybridized carbons (Fsp3) is 0.400. The zero-order chi connectivity index (χ0) is 17.4. The molecule has 122 valence electrons. The topological polar surface area (TPSA) is 43.4 Å². The summed E-state index contributed by atoms with van der Waals surface area (Å²) in [5.74, 6) is -0.694. The highest BCUT2D eigenvalue weighted by atomic mass is 16.6. The van der Waals surface area contributed by atoms with E-state index < -0.39 is 17.0 Å². The Balaban J connectivity index is 2.65. The van der Waals surface area contributed by atoms with Gasteiger partial charge in [0, 0.05) is 12.0 Å². The molecule has 0 unspecified atom stereocenters. The van der Waals surface area contributed by atoms with Crippen LogP contribution in [0.2, 0.25) is 0 Å². The predicted molar refractivity (Wildman–Crippen MR) is 91.3 cm³/mol. The lowest BCUT2D eigenvalue weighted by Crippen LogP contribution is -2.43. The normalized spacial score (nSPS) is 20.0. The molecule has 1 aliphatic carbocycles. The Labute approximate surface area is 138 Å². The van der Waals surface area contributed by atoms with Gasteiger partial charge in [0.1, 0.15) is 5.60 Å². The van der Waals surface area contributed by atoms with E-state index in [4.69, 9.17) is 4.74 Å². The largest absolute Gasteiger partial charge is 0.459 e. The van der Waals surface area contributed by atoms with Gasteiger partial charge in [-0.05, 0) is 45.8 Å². The van der Waals surface area contributed by atoms with E-state index in [1.54, 1.807) is 32.9 Å². The predicted octanol–water partition coefficient (Wildman–Crippen LogP) is 4.28. The molecule has 0 spiro atoms. The molecular weight excluding hydrogens is 288 g/mol. The summed E-state index contributed by atoms with van der Waals surface area (Å²) < 4.78 is 5.62. The second-order valence-corrected chi connectivity index (χ2v) is 7.19. The molecule has 1 aromatic carbocycles. The minimum absolute atomic E-state index is 0.196. The third kappa shape index (κ3) is 2.88. The molecule has 0 aliphatic heterocycles. The lowest BCUT2D eigenvalue weighted by atomic mass is 9.74. The van der Waals surface area contributed by atoms with Gasteiger partial charge in [-0.2, -0.15) is 0 Å². The van der Waals surface area contributed by atoms with Crippen molar-refractivity contribution in [3.63, 3.8) is 0 Å². The number of ether oxygens (including phenoxy) is 1. The van der Waals surface area contributed by atoms with Crippen molar-refractivity contribution in [3.05, 3.63) is 59.2 Å². The third-order valence-corrected chi connectivity index (χ3v) is 4.06. The fourth-order valence-corrected chi connectivity index (χ4v) is 3.15. The Kier molecular flexibility index (Phi) is 4.34. The summed E-state index contributed by atoms with van der Waals surface area (Å²) in [6.07, 6.45) is 1.94. The van der Waals surface area contributed by atoms with Crippen LogP contribution in [0.4, 0.5) is 0 Å². The quantitative estimate of drug-likeness (QED) is 0.475. The van der Waals surface area contributed by atoms with Gasteiger partial charge in [-0.1, -0.05) is 42.5 Å². The monoisotopic (exact) mass is 312 g/mol. The molecule has 0 aromatic heterocycles. The van der Waals surface area contributed by atoms with Gasteiger partial charge >= 0.3 is 5.97 Å². The number of hydrogen-bond donors (Lipinski definition) is 0. The van der Waals surface area contributed by atoms with Crippen molar-refractivity contribution in [2.45, 2.75) is 46.6 Å². The van der Waals surface area contributed by atoms with Crippen LogP contribution in [0.5, 0.6) is 0 Å². The van der Waals surface area contributed by atoms with E-state index >= 15 is 0 Å². The number of benzene rings is 1. The molecule has 1 aliphatic rings. The van der Waals surface area contributed by atoms with E-state index in [0.717, 1.165) is 11.1 Å². The molecule has 0 radical (unpaired) electrons. The number of hydrogen-bond acceptors (Lipinski definition) is 3. The second kappa shape index (κ2) is 5.80. The lowest BCUT2D eigenvalue weighted by Gasteiger charge is -2.31. The Morgan fingerprint density at radius 1 is 1.26 bits per heavy atom. The number of carbonyl (C=O) groups excluding carboxylic acids is 2. The molecule has 0 saturated heterocycles. The Bertz CT molecular complexity index is 700. The molecule has 0 bridgehead atoms. The molecule has 2 rings (SSSR count). The van der Waals surface area contributed by atoms with E-state index in [1.165, 1.54) is 0 Å². The van der Waals surface area contributed by atoms with Gasteiger partial charge < -0.3 is 4.74 Å². The van der Waals surface area contributed by atoms with Crippen LogP contribution in [0.25, 0.3) is 0 Å². The van der Waals surface area contributed by atoms with Gasteiger partial charge in [-0.25, -0.2) is 0 Å². The van der Waals surface area contributed by atoms with Crippen LogP contribution in [0.15, 0.2) is 48.1 Å². The van der Waals surface area contributed by atoms with Gasteiger partial charge in [0.2, 0.25) is 0 Å². The molecular formula is C20H24O3. The molecule has 0 heterocycles. The van der Waals surface area contributed by atoms with Gasteiger partial charge in [0.05, 0.1) is 0 Å². The van der Waals surface area contributed by atoms with E-state index in [1.807, 2.05) is 32.0 Å². The van der Waals surface area contributed by atoms with Crippen molar-refractivity contribution in [2.75, 3.05) is 0 Å². The Morgan fingerprint density at radius 3 is 2.35 bits per heavy atom. The van der Waals surface area contributed by atoms with E-state index in [9.17, 15) is 9.59 Å². The SMILES string of the molecule is C=CC(=C(C)C)[C@]1(C(=O)OC(C)(C)C)Cc2ccccc2C1=O. The first-order valence-corrected chi connectivity index (χ1v) is 7.80. The molecule has 0 fully saturated rings. The van der Waals surface area contributed by atoms with Crippen LogP contribution < -0.4 is 0 Å². The Hall–Kier alpha value is -2.16. The van der Waals surface area contributed by atoms with E-state index in [2.05, 4.69) is 6.58 Å². The highest BCUT2D eigenvalue weighted by Gasteiger charge is 2.55. The van der Waals surface area contributed by atoms with E-state index in [-0.39, 0.29) is 5.78 Å². The molecule has 0 saturated carbocycles.